The van der Waals surface area contributed by atoms with Crippen molar-refractivity contribution >= 4 is 22.4 Å². The molecule has 4 aromatic rings. The zero-order valence-corrected chi connectivity index (χ0v) is 20.0. The van der Waals surface area contributed by atoms with Crippen LogP contribution in [-0.2, 0) is 6.61 Å². The molecule has 182 valence electrons. The number of thiazole rings is 1. The van der Waals surface area contributed by atoms with Crippen LogP contribution in [0.15, 0.2) is 70.5 Å². The molecule has 4 rings (SSSR count). The zero-order chi connectivity index (χ0) is 24.8. The highest BCUT2D eigenvalue weighted by molar-refractivity contribution is 7.14. The fourth-order valence-corrected chi connectivity index (χ4v) is 4.00. The topological polar surface area (TPSA) is 73.6 Å². The number of hydrogen-bond acceptors (Lipinski definition) is 6. The van der Waals surface area contributed by atoms with E-state index in [4.69, 9.17) is 9.15 Å². The molecule has 1 N–H and O–H groups in total. The Morgan fingerprint density at radius 3 is 2.46 bits per heavy atom. The number of halogens is 2. The van der Waals surface area contributed by atoms with E-state index in [1.54, 1.807) is 29.6 Å². The van der Waals surface area contributed by atoms with Gasteiger partial charge in [0, 0.05) is 10.9 Å². The summed E-state index contributed by atoms with van der Waals surface area (Å²) in [4.78, 5) is 16.9. The maximum Gasteiger partial charge on any atom is 0.387 e. The minimum absolute atomic E-state index is 0.0632. The first-order valence-corrected chi connectivity index (χ1v) is 11.9. The summed E-state index contributed by atoms with van der Waals surface area (Å²) >= 11 is 1.24. The second-order valence-electron chi connectivity index (χ2n) is 7.83. The summed E-state index contributed by atoms with van der Waals surface area (Å²) in [5.41, 5.74) is 2.57. The highest BCUT2D eigenvalue weighted by atomic mass is 32.1. The standard InChI is InChI=1S/C26H24F2N2O4S/c1-3-16(2)17-4-8-19(9-5-17)32-14-21-12-13-23(33-21)24(31)30-26-29-22(15-35-26)18-6-10-20(11-7-18)34-25(27)28/h4-13,15-16,25H,3,14H2,1-2H3,(H,29,30,31). The smallest absolute Gasteiger partial charge is 0.387 e. The van der Waals surface area contributed by atoms with Gasteiger partial charge in [-0.25, -0.2) is 4.98 Å². The highest BCUT2D eigenvalue weighted by Gasteiger charge is 2.15. The minimum Gasteiger partial charge on any atom is -0.486 e. The van der Waals surface area contributed by atoms with Gasteiger partial charge in [-0.1, -0.05) is 26.0 Å². The Morgan fingerprint density at radius 1 is 1.06 bits per heavy atom. The van der Waals surface area contributed by atoms with Gasteiger partial charge in [-0.2, -0.15) is 8.78 Å². The van der Waals surface area contributed by atoms with E-state index >= 15 is 0 Å². The number of aromatic nitrogens is 1. The van der Waals surface area contributed by atoms with Gasteiger partial charge in [-0.05, 0) is 66.4 Å². The Bertz CT molecular complexity index is 1250. The summed E-state index contributed by atoms with van der Waals surface area (Å²) in [6, 6.07) is 17.3. The van der Waals surface area contributed by atoms with Crippen LogP contribution < -0.4 is 14.8 Å². The number of rotatable bonds is 10. The van der Waals surface area contributed by atoms with Crippen molar-refractivity contribution in [2.45, 2.75) is 39.4 Å². The molecule has 0 aliphatic rings. The van der Waals surface area contributed by atoms with Crippen molar-refractivity contribution in [2.24, 2.45) is 0 Å². The molecule has 0 saturated heterocycles. The normalized spacial score (nSPS) is 11.9. The van der Waals surface area contributed by atoms with Gasteiger partial charge < -0.3 is 13.9 Å². The van der Waals surface area contributed by atoms with Gasteiger partial charge >= 0.3 is 6.61 Å². The number of nitrogens with one attached hydrogen (secondary N) is 1. The fourth-order valence-electron chi connectivity index (χ4n) is 3.29. The van der Waals surface area contributed by atoms with Crippen LogP contribution in [0, 0.1) is 0 Å². The number of furan rings is 1. The number of benzene rings is 2. The largest absolute Gasteiger partial charge is 0.486 e. The molecule has 1 atom stereocenters. The Balaban J connectivity index is 1.32. The van der Waals surface area contributed by atoms with E-state index in [-0.39, 0.29) is 18.1 Å². The lowest BCUT2D eigenvalue weighted by Gasteiger charge is -2.10. The predicted molar refractivity (Wildman–Crippen MR) is 130 cm³/mol. The molecule has 2 aromatic heterocycles. The second-order valence-corrected chi connectivity index (χ2v) is 8.69. The first-order chi connectivity index (χ1) is 16.9. The molecular weight excluding hydrogens is 474 g/mol. The molecule has 2 heterocycles. The minimum atomic E-state index is -2.88. The van der Waals surface area contributed by atoms with Gasteiger partial charge in [0.2, 0.25) is 0 Å². The van der Waals surface area contributed by atoms with Gasteiger partial charge in [-0.15, -0.1) is 11.3 Å². The number of nitrogens with zero attached hydrogens (tertiary/aromatic N) is 1. The van der Waals surface area contributed by atoms with Gasteiger partial charge in [0.1, 0.15) is 23.9 Å². The van der Waals surface area contributed by atoms with E-state index in [1.807, 2.05) is 12.1 Å². The first-order valence-electron chi connectivity index (χ1n) is 11.0. The molecule has 0 bridgehead atoms. The second kappa shape index (κ2) is 11.1. The summed E-state index contributed by atoms with van der Waals surface area (Å²) in [7, 11) is 0. The third-order valence-corrected chi connectivity index (χ3v) is 6.19. The van der Waals surface area contributed by atoms with Crippen LogP contribution in [0.1, 0.15) is 48.1 Å². The van der Waals surface area contributed by atoms with E-state index in [2.05, 4.69) is 41.0 Å². The molecule has 35 heavy (non-hydrogen) atoms. The van der Waals surface area contributed by atoms with Crippen LogP contribution in [0.5, 0.6) is 11.5 Å². The molecule has 0 saturated carbocycles. The van der Waals surface area contributed by atoms with E-state index < -0.39 is 12.5 Å². The average molecular weight is 499 g/mol. The van der Waals surface area contributed by atoms with Crippen molar-refractivity contribution in [3.8, 4) is 22.8 Å². The number of amides is 1. The molecule has 6 nitrogen and oxygen atoms in total. The fraction of sp³-hybridized carbons (Fsp3) is 0.231. The zero-order valence-electron chi connectivity index (χ0n) is 19.2. The van der Waals surface area contributed by atoms with E-state index in [9.17, 15) is 13.6 Å². The maximum absolute atomic E-state index is 12.6. The van der Waals surface area contributed by atoms with Crippen molar-refractivity contribution < 1.29 is 27.5 Å². The summed E-state index contributed by atoms with van der Waals surface area (Å²) in [5, 5.41) is 4.84. The number of hydrogen-bond donors (Lipinski definition) is 1. The molecule has 9 heteroatoms. The number of carbonyl (C=O) groups is 1. The Kier molecular flexibility index (Phi) is 7.77. The Labute approximate surface area is 205 Å². The Hall–Kier alpha value is -3.72. The average Bonchev–Trinajstić information content (AvgIpc) is 3.53. The monoisotopic (exact) mass is 498 g/mol. The molecule has 1 amide bonds. The van der Waals surface area contributed by atoms with Crippen molar-refractivity contribution in [1.29, 1.82) is 0 Å². The van der Waals surface area contributed by atoms with Gasteiger partial charge in [-0.3, -0.25) is 10.1 Å². The van der Waals surface area contributed by atoms with Gasteiger partial charge in [0.15, 0.2) is 10.9 Å². The number of ether oxygens (including phenoxy) is 2. The van der Waals surface area contributed by atoms with Crippen LogP contribution in [0.25, 0.3) is 11.3 Å². The third-order valence-electron chi connectivity index (χ3n) is 5.43. The highest BCUT2D eigenvalue weighted by Crippen LogP contribution is 2.27. The van der Waals surface area contributed by atoms with Crippen LogP contribution in [0.2, 0.25) is 0 Å². The molecule has 1 unspecified atom stereocenters. The molecule has 2 aromatic carbocycles. The molecule has 0 radical (unpaired) electrons. The van der Waals surface area contributed by atoms with Crippen molar-refractivity contribution in [3.05, 3.63) is 83.1 Å². The van der Waals surface area contributed by atoms with Crippen LogP contribution in [0.3, 0.4) is 0 Å². The lowest BCUT2D eigenvalue weighted by atomic mass is 9.99. The molecule has 0 fully saturated rings. The number of alkyl halides is 2. The van der Waals surface area contributed by atoms with E-state index in [1.165, 1.54) is 29.0 Å². The van der Waals surface area contributed by atoms with Crippen molar-refractivity contribution in [2.75, 3.05) is 5.32 Å². The molecule has 0 aliphatic heterocycles. The van der Waals surface area contributed by atoms with E-state index in [0.717, 1.165) is 12.2 Å². The summed E-state index contributed by atoms with van der Waals surface area (Å²) in [5.74, 6) is 1.51. The molecular formula is C26H24F2N2O4S. The number of carbonyl (C=O) groups excluding carboxylic acids is 1. The lowest BCUT2D eigenvalue weighted by Crippen LogP contribution is -2.10. The maximum atomic E-state index is 12.6. The van der Waals surface area contributed by atoms with Crippen LogP contribution in [-0.4, -0.2) is 17.5 Å². The summed E-state index contributed by atoms with van der Waals surface area (Å²) in [6.07, 6.45) is 1.08. The molecule has 0 spiro atoms. The predicted octanol–water partition coefficient (Wildman–Crippen LogP) is 7.35. The van der Waals surface area contributed by atoms with E-state index in [0.29, 0.717) is 28.1 Å². The first kappa shape index (κ1) is 24.4. The van der Waals surface area contributed by atoms with Crippen LogP contribution >= 0.6 is 11.3 Å². The Morgan fingerprint density at radius 2 is 1.77 bits per heavy atom. The summed E-state index contributed by atoms with van der Waals surface area (Å²) in [6.45, 7) is 1.66. The number of anilines is 1. The molecule has 0 aliphatic carbocycles. The van der Waals surface area contributed by atoms with Gasteiger partial charge in [0.05, 0.1) is 5.69 Å². The van der Waals surface area contributed by atoms with Crippen LogP contribution in [0.4, 0.5) is 13.9 Å². The lowest BCUT2D eigenvalue weighted by molar-refractivity contribution is -0.0498. The van der Waals surface area contributed by atoms with Crippen molar-refractivity contribution in [1.82, 2.24) is 4.98 Å². The van der Waals surface area contributed by atoms with Crippen molar-refractivity contribution in [3.63, 3.8) is 0 Å². The third kappa shape index (κ3) is 6.45. The van der Waals surface area contributed by atoms with Gasteiger partial charge in [0.25, 0.3) is 5.91 Å². The SMILES string of the molecule is CCC(C)c1ccc(OCc2ccc(C(=O)Nc3nc(-c4ccc(OC(F)F)cc4)cs3)o2)cc1. The summed E-state index contributed by atoms with van der Waals surface area (Å²) < 4.78 is 40.3. The quantitative estimate of drug-likeness (QED) is 0.247.